The molecule has 2 heterocycles. The maximum absolute atomic E-state index is 13.6. The number of carbonyl (C=O) groups excluding carboxylic acids is 2. The lowest BCUT2D eigenvalue weighted by Crippen LogP contribution is -2.39. The molecule has 2 amide bonds. The van der Waals surface area contributed by atoms with Gasteiger partial charge in [-0.25, -0.2) is 22.9 Å². The number of ether oxygens (including phenoxy) is 1. The van der Waals surface area contributed by atoms with Crippen LogP contribution < -0.4 is 10.6 Å². The second-order valence-electron chi connectivity index (χ2n) is 5.67. The van der Waals surface area contributed by atoms with E-state index in [2.05, 4.69) is 15.6 Å². The number of aromatic nitrogens is 1. The van der Waals surface area contributed by atoms with Crippen LogP contribution >= 0.6 is 11.6 Å². The van der Waals surface area contributed by atoms with Crippen molar-refractivity contribution in [3.05, 3.63) is 64.2 Å². The number of cyclic esters (lactones) is 1. The second-order valence-corrected chi connectivity index (χ2v) is 6.11. The molecule has 0 saturated carbocycles. The molecule has 2 aromatic rings. The summed E-state index contributed by atoms with van der Waals surface area (Å²) in [7, 11) is 0. The van der Waals surface area contributed by atoms with Crippen molar-refractivity contribution in [3.8, 4) is 0 Å². The molecule has 6 nitrogen and oxygen atoms in total. The maximum Gasteiger partial charge on any atom is 0.408 e. The largest absolute Gasteiger partial charge is 0.434 e. The van der Waals surface area contributed by atoms with E-state index in [0.29, 0.717) is 10.6 Å². The molecule has 1 aromatic carbocycles. The van der Waals surface area contributed by atoms with Gasteiger partial charge in [-0.15, -0.1) is 0 Å². The first kappa shape index (κ1) is 19.0. The number of hydrogen-bond donors (Lipinski definition) is 2. The highest BCUT2D eigenvalue weighted by Crippen LogP contribution is 2.26. The maximum atomic E-state index is 13.6. The Balaban J connectivity index is 1.95. The van der Waals surface area contributed by atoms with Gasteiger partial charge in [-0.05, 0) is 29.8 Å². The van der Waals surface area contributed by atoms with Gasteiger partial charge < -0.3 is 15.4 Å². The van der Waals surface area contributed by atoms with Gasteiger partial charge in [0, 0.05) is 5.02 Å². The van der Waals surface area contributed by atoms with E-state index < -0.39 is 42.1 Å². The van der Waals surface area contributed by atoms with Crippen LogP contribution in [0.25, 0.3) is 0 Å². The van der Waals surface area contributed by atoms with Crippen molar-refractivity contribution in [2.75, 3.05) is 6.54 Å². The standard InChI is InChI=1S/C17H13ClF3N3O3/c18-9-3-1-8(2-4-9)13(24-16(25)12-7-22-17(26)27-12)11-6-5-10(19)14(23-11)15(20)21/h1-6,12-13,15H,7H2,(H,22,26)(H,24,25)/t12-,13?/m0/s1. The molecular weight excluding hydrogens is 387 g/mol. The molecule has 0 spiro atoms. The highest BCUT2D eigenvalue weighted by atomic mass is 35.5. The summed E-state index contributed by atoms with van der Waals surface area (Å²) in [4.78, 5) is 27.2. The second kappa shape index (κ2) is 7.83. The van der Waals surface area contributed by atoms with Crippen LogP contribution in [-0.2, 0) is 9.53 Å². The highest BCUT2D eigenvalue weighted by molar-refractivity contribution is 6.30. The topological polar surface area (TPSA) is 80.3 Å². The summed E-state index contributed by atoms with van der Waals surface area (Å²) in [6, 6.07) is 7.30. The van der Waals surface area contributed by atoms with Crippen LogP contribution in [0.5, 0.6) is 0 Å². The fourth-order valence-corrected chi connectivity index (χ4v) is 2.67. The molecule has 0 radical (unpaired) electrons. The van der Waals surface area contributed by atoms with Gasteiger partial charge in [-0.3, -0.25) is 4.79 Å². The minimum atomic E-state index is -3.12. The summed E-state index contributed by atoms with van der Waals surface area (Å²) < 4.78 is 44.4. The third-order valence-corrected chi connectivity index (χ3v) is 4.11. The number of amides is 2. The summed E-state index contributed by atoms with van der Waals surface area (Å²) in [6.45, 7) is -0.0306. The van der Waals surface area contributed by atoms with E-state index >= 15 is 0 Å². The summed E-state index contributed by atoms with van der Waals surface area (Å²) in [5, 5.41) is 5.36. The Kier molecular flexibility index (Phi) is 5.50. The molecule has 3 rings (SSSR count). The summed E-state index contributed by atoms with van der Waals surface area (Å²) in [6.07, 6.45) is -4.94. The van der Waals surface area contributed by atoms with Crippen molar-refractivity contribution >= 4 is 23.6 Å². The Morgan fingerprint density at radius 3 is 2.56 bits per heavy atom. The van der Waals surface area contributed by atoms with E-state index in [1.165, 1.54) is 6.07 Å². The first-order valence-electron chi connectivity index (χ1n) is 7.80. The summed E-state index contributed by atoms with van der Waals surface area (Å²) >= 11 is 5.86. The van der Waals surface area contributed by atoms with Gasteiger partial charge in [-0.2, -0.15) is 0 Å². The smallest absolute Gasteiger partial charge is 0.408 e. The van der Waals surface area contributed by atoms with Crippen molar-refractivity contribution in [2.45, 2.75) is 18.6 Å². The zero-order valence-corrected chi connectivity index (χ0v) is 14.3. The number of nitrogens with one attached hydrogen (secondary N) is 2. The third-order valence-electron chi connectivity index (χ3n) is 3.86. The molecule has 1 aromatic heterocycles. The molecule has 2 atom stereocenters. The van der Waals surface area contributed by atoms with E-state index in [1.807, 2.05) is 0 Å². The Bertz CT molecular complexity index is 864. The van der Waals surface area contributed by atoms with Gasteiger partial charge in [0.1, 0.15) is 5.69 Å². The molecule has 142 valence electrons. The lowest BCUT2D eigenvalue weighted by Gasteiger charge is -2.21. The van der Waals surface area contributed by atoms with Gasteiger partial charge in [-0.1, -0.05) is 23.7 Å². The van der Waals surface area contributed by atoms with Crippen LogP contribution in [0.4, 0.5) is 18.0 Å². The van der Waals surface area contributed by atoms with E-state index in [4.69, 9.17) is 16.3 Å². The van der Waals surface area contributed by atoms with E-state index in [-0.39, 0.29) is 12.2 Å². The molecular formula is C17H13ClF3N3O3. The van der Waals surface area contributed by atoms with Gasteiger partial charge in [0.15, 0.2) is 11.9 Å². The quantitative estimate of drug-likeness (QED) is 0.809. The first-order valence-corrected chi connectivity index (χ1v) is 8.17. The van der Waals surface area contributed by atoms with Crippen LogP contribution in [-0.4, -0.2) is 29.6 Å². The van der Waals surface area contributed by atoms with Gasteiger partial charge in [0.25, 0.3) is 12.3 Å². The van der Waals surface area contributed by atoms with Crippen LogP contribution in [0.1, 0.15) is 29.4 Å². The first-order chi connectivity index (χ1) is 12.8. The molecule has 1 unspecified atom stereocenters. The predicted octanol–water partition coefficient (Wildman–Crippen LogP) is 3.13. The molecule has 27 heavy (non-hydrogen) atoms. The number of benzene rings is 1. The van der Waals surface area contributed by atoms with Crippen molar-refractivity contribution in [2.24, 2.45) is 0 Å². The van der Waals surface area contributed by atoms with Gasteiger partial charge in [0.2, 0.25) is 0 Å². The number of alkyl halides is 2. The number of alkyl carbamates (subject to hydrolysis) is 1. The SMILES string of the molecule is O=C1NC[C@@H](C(=O)NC(c2ccc(Cl)cc2)c2ccc(F)c(C(F)F)n2)O1. The third kappa shape index (κ3) is 4.30. The molecule has 10 heteroatoms. The average Bonchev–Trinajstić information content (AvgIpc) is 3.07. The van der Waals surface area contributed by atoms with Crippen LogP contribution in [0.15, 0.2) is 36.4 Å². The Morgan fingerprint density at radius 2 is 1.96 bits per heavy atom. The van der Waals surface area contributed by atoms with Gasteiger partial charge >= 0.3 is 6.09 Å². The number of hydrogen-bond acceptors (Lipinski definition) is 4. The van der Waals surface area contributed by atoms with E-state index in [0.717, 1.165) is 6.07 Å². The minimum Gasteiger partial charge on any atom is -0.434 e. The Hall–Kier alpha value is -2.81. The Morgan fingerprint density at radius 1 is 1.26 bits per heavy atom. The number of pyridine rings is 1. The summed E-state index contributed by atoms with van der Waals surface area (Å²) in [5.41, 5.74) is -0.543. The molecule has 1 aliphatic rings. The lowest BCUT2D eigenvalue weighted by molar-refractivity contribution is -0.128. The zero-order chi connectivity index (χ0) is 19.6. The number of halogens is 4. The predicted molar refractivity (Wildman–Crippen MR) is 88.9 cm³/mol. The summed E-state index contributed by atoms with van der Waals surface area (Å²) in [5.74, 6) is -1.80. The van der Waals surface area contributed by atoms with E-state index in [1.54, 1.807) is 24.3 Å². The fraction of sp³-hybridized carbons (Fsp3) is 0.235. The van der Waals surface area contributed by atoms with Crippen molar-refractivity contribution in [3.63, 3.8) is 0 Å². The highest BCUT2D eigenvalue weighted by Gasteiger charge is 2.32. The number of rotatable bonds is 5. The molecule has 0 aliphatic carbocycles. The van der Waals surface area contributed by atoms with E-state index in [9.17, 15) is 22.8 Å². The van der Waals surface area contributed by atoms with Crippen LogP contribution in [0.2, 0.25) is 5.02 Å². The normalized spacial score (nSPS) is 17.4. The molecule has 1 aliphatic heterocycles. The number of carbonyl (C=O) groups is 2. The molecule has 1 saturated heterocycles. The van der Waals surface area contributed by atoms with Crippen molar-refractivity contribution in [1.29, 1.82) is 0 Å². The van der Waals surface area contributed by atoms with Crippen molar-refractivity contribution < 1.29 is 27.5 Å². The van der Waals surface area contributed by atoms with Gasteiger partial charge in [0.05, 0.1) is 18.3 Å². The van der Waals surface area contributed by atoms with Crippen molar-refractivity contribution in [1.82, 2.24) is 15.6 Å². The molecule has 2 N–H and O–H groups in total. The van der Waals surface area contributed by atoms with Crippen LogP contribution in [0.3, 0.4) is 0 Å². The minimum absolute atomic E-state index is 0.000319. The zero-order valence-electron chi connectivity index (χ0n) is 13.6. The number of nitrogens with zero attached hydrogens (tertiary/aromatic N) is 1. The fourth-order valence-electron chi connectivity index (χ4n) is 2.54. The Labute approximate surface area is 156 Å². The lowest BCUT2D eigenvalue weighted by atomic mass is 10.0. The average molecular weight is 400 g/mol. The molecule has 1 fully saturated rings. The monoisotopic (exact) mass is 399 g/mol. The van der Waals surface area contributed by atoms with Crippen LogP contribution in [0, 0.1) is 5.82 Å². The molecule has 0 bridgehead atoms.